The van der Waals surface area contributed by atoms with Crippen molar-refractivity contribution < 1.29 is 4.42 Å². The molecule has 1 aromatic heterocycles. The molecule has 0 atom stereocenters. The van der Waals surface area contributed by atoms with E-state index in [0.29, 0.717) is 0 Å². The van der Waals surface area contributed by atoms with E-state index < -0.39 is 0 Å². The van der Waals surface area contributed by atoms with Crippen molar-refractivity contribution in [2.24, 2.45) is 0 Å². The van der Waals surface area contributed by atoms with Crippen LogP contribution in [-0.4, -0.2) is 0 Å². The van der Waals surface area contributed by atoms with Crippen LogP contribution in [-0.2, 0) is 0 Å². The molecule has 0 bridgehead atoms. The molecule has 0 fully saturated rings. The minimum absolute atomic E-state index is 0.964. The van der Waals surface area contributed by atoms with Crippen molar-refractivity contribution in [3.05, 3.63) is 46.0 Å². The highest BCUT2D eigenvalue weighted by Gasteiger charge is 2.07. The van der Waals surface area contributed by atoms with Crippen LogP contribution >= 0.6 is 22.6 Å². The first kappa shape index (κ1) is 8.29. The summed E-state index contributed by atoms with van der Waals surface area (Å²) in [6.07, 6.45) is 0. The molecule has 0 saturated carbocycles. The maximum absolute atomic E-state index is 5.73. The van der Waals surface area contributed by atoms with Crippen LogP contribution in [0.25, 0.3) is 21.9 Å². The van der Waals surface area contributed by atoms with Gasteiger partial charge in [0, 0.05) is 14.3 Å². The second-order valence-electron chi connectivity index (χ2n) is 3.21. The van der Waals surface area contributed by atoms with Gasteiger partial charge in [0.05, 0.1) is 0 Å². The molecule has 1 heterocycles. The lowest BCUT2D eigenvalue weighted by Gasteiger charge is -1.91. The van der Waals surface area contributed by atoms with Crippen LogP contribution in [0.5, 0.6) is 0 Å². The Hall–Kier alpha value is -1.03. The normalized spacial score (nSPS) is 11.2. The molecule has 0 radical (unpaired) electrons. The summed E-state index contributed by atoms with van der Waals surface area (Å²) in [7, 11) is 0. The second kappa shape index (κ2) is 2.98. The van der Waals surface area contributed by atoms with Crippen molar-refractivity contribution in [2.45, 2.75) is 0 Å². The Bertz CT molecular complexity index is 610. The number of fused-ring (bicyclic) bond motifs is 3. The predicted molar refractivity (Wildman–Crippen MR) is 66.4 cm³/mol. The molecule has 0 aliphatic heterocycles. The molecule has 2 aromatic carbocycles. The number of benzene rings is 2. The topological polar surface area (TPSA) is 13.1 Å². The van der Waals surface area contributed by atoms with Gasteiger partial charge in [-0.25, -0.2) is 0 Å². The molecule has 0 spiro atoms. The molecule has 0 unspecified atom stereocenters. The summed E-state index contributed by atoms with van der Waals surface area (Å²) in [6, 6.07) is 14.3. The zero-order valence-corrected chi connectivity index (χ0v) is 9.49. The highest BCUT2D eigenvalue weighted by Crippen LogP contribution is 2.31. The summed E-state index contributed by atoms with van der Waals surface area (Å²) in [5.41, 5.74) is 1.93. The molecule has 0 aliphatic carbocycles. The zero-order valence-electron chi connectivity index (χ0n) is 7.33. The molecule has 0 amide bonds. The van der Waals surface area contributed by atoms with Crippen molar-refractivity contribution in [1.82, 2.24) is 0 Å². The van der Waals surface area contributed by atoms with Crippen LogP contribution in [0.15, 0.2) is 46.9 Å². The van der Waals surface area contributed by atoms with Gasteiger partial charge in [0.15, 0.2) is 0 Å². The Morgan fingerprint density at radius 2 is 1.64 bits per heavy atom. The van der Waals surface area contributed by atoms with Gasteiger partial charge < -0.3 is 4.42 Å². The number of halogens is 1. The van der Waals surface area contributed by atoms with Crippen LogP contribution in [0.2, 0.25) is 0 Å². The van der Waals surface area contributed by atoms with E-state index in [1.54, 1.807) is 0 Å². The lowest BCUT2D eigenvalue weighted by atomic mass is 10.2. The van der Waals surface area contributed by atoms with E-state index in [9.17, 15) is 0 Å². The molecule has 1 nitrogen and oxygen atoms in total. The fourth-order valence-electron chi connectivity index (χ4n) is 1.73. The fourth-order valence-corrected chi connectivity index (χ4v) is 2.50. The lowest BCUT2D eigenvalue weighted by molar-refractivity contribution is 0.669. The van der Waals surface area contributed by atoms with E-state index in [1.165, 1.54) is 14.3 Å². The lowest BCUT2D eigenvalue weighted by Crippen LogP contribution is -1.71. The molecule has 0 aliphatic rings. The Kier molecular flexibility index (Phi) is 1.77. The van der Waals surface area contributed by atoms with Crippen molar-refractivity contribution in [3.8, 4) is 0 Å². The fraction of sp³-hybridized carbons (Fsp3) is 0. The minimum Gasteiger partial charge on any atom is -0.456 e. The third kappa shape index (κ3) is 1.07. The van der Waals surface area contributed by atoms with Gasteiger partial charge in [-0.15, -0.1) is 0 Å². The molecular formula is C12H7IO. The Labute approximate surface area is 94.9 Å². The van der Waals surface area contributed by atoms with E-state index in [0.717, 1.165) is 11.2 Å². The van der Waals surface area contributed by atoms with Crippen LogP contribution in [0.4, 0.5) is 0 Å². The first-order valence-corrected chi connectivity index (χ1v) is 5.50. The largest absolute Gasteiger partial charge is 0.456 e. The molecule has 0 saturated heterocycles. The van der Waals surface area contributed by atoms with Gasteiger partial charge >= 0.3 is 0 Å². The SMILES string of the molecule is Ic1cccc2oc3ccccc3c12. The summed E-state index contributed by atoms with van der Waals surface area (Å²) >= 11 is 2.34. The maximum Gasteiger partial charge on any atom is 0.136 e. The quantitative estimate of drug-likeness (QED) is 0.567. The highest BCUT2D eigenvalue weighted by atomic mass is 127. The van der Waals surface area contributed by atoms with Crippen LogP contribution in [0.3, 0.4) is 0 Å². The maximum atomic E-state index is 5.73. The van der Waals surface area contributed by atoms with E-state index in [-0.39, 0.29) is 0 Å². The van der Waals surface area contributed by atoms with Crippen LogP contribution in [0.1, 0.15) is 0 Å². The summed E-state index contributed by atoms with van der Waals surface area (Å²) in [5, 5.41) is 2.43. The Morgan fingerprint density at radius 1 is 0.857 bits per heavy atom. The minimum atomic E-state index is 0.964. The van der Waals surface area contributed by atoms with Crippen LogP contribution < -0.4 is 0 Å². The molecule has 3 aromatic rings. The molecule has 14 heavy (non-hydrogen) atoms. The van der Waals surface area contributed by atoms with E-state index in [4.69, 9.17) is 4.42 Å². The van der Waals surface area contributed by atoms with Crippen molar-refractivity contribution in [3.63, 3.8) is 0 Å². The Morgan fingerprint density at radius 3 is 2.57 bits per heavy atom. The van der Waals surface area contributed by atoms with E-state index >= 15 is 0 Å². The van der Waals surface area contributed by atoms with Gasteiger partial charge in [0.1, 0.15) is 11.2 Å². The average molecular weight is 294 g/mol. The monoisotopic (exact) mass is 294 g/mol. The van der Waals surface area contributed by atoms with E-state index in [2.05, 4.69) is 34.7 Å². The number of para-hydroxylation sites is 1. The third-order valence-corrected chi connectivity index (χ3v) is 3.25. The smallest absolute Gasteiger partial charge is 0.136 e. The van der Waals surface area contributed by atoms with Crippen molar-refractivity contribution in [2.75, 3.05) is 0 Å². The molecule has 68 valence electrons. The highest BCUT2D eigenvalue weighted by molar-refractivity contribution is 14.1. The second-order valence-corrected chi connectivity index (χ2v) is 4.37. The van der Waals surface area contributed by atoms with Crippen molar-refractivity contribution >= 4 is 44.5 Å². The Balaban J connectivity index is 2.65. The molecule has 2 heteroatoms. The zero-order chi connectivity index (χ0) is 9.54. The van der Waals surface area contributed by atoms with Gasteiger partial charge in [-0.3, -0.25) is 0 Å². The van der Waals surface area contributed by atoms with Crippen LogP contribution in [0, 0.1) is 3.57 Å². The molecule has 0 N–H and O–H groups in total. The van der Waals surface area contributed by atoms with Gasteiger partial charge in [-0.05, 0) is 40.8 Å². The van der Waals surface area contributed by atoms with Gasteiger partial charge in [0.2, 0.25) is 0 Å². The van der Waals surface area contributed by atoms with Crippen molar-refractivity contribution in [1.29, 1.82) is 0 Å². The summed E-state index contributed by atoms with van der Waals surface area (Å²) in [4.78, 5) is 0. The third-order valence-electron chi connectivity index (χ3n) is 2.35. The van der Waals surface area contributed by atoms with Gasteiger partial charge in [-0.2, -0.15) is 0 Å². The number of rotatable bonds is 0. The summed E-state index contributed by atoms with van der Waals surface area (Å²) in [6.45, 7) is 0. The predicted octanol–water partition coefficient (Wildman–Crippen LogP) is 4.19. The number of hydrogen-bond donors (Lipinski definition) is 0. The first-order valence-electron chi connectivity index (χ1n) is 4.42. The summed E-state index contributed by atoms with van der Waals surface area (Å²) in [5.74, 6) is 0. The average Bonchev–Trinajstić information content (AvgIpc) is 2.57. The van der Waals surface area contributed by atoms with Gasteiger partial charge in [-0.1, -0.05) is 24.3 Å². The number of hydrogen-bond acceptors (Lipinski definition) is 1. The number of furan rings is 1. The molecule has 3 rings (SSSR count). The van der Waals surface area contributed by atoms with Gasteiger partial charge in [0.25, 0.3) is 0 Å². The molecular weight excluding hydrogens is 287 g/mol. The summed E-state index contributed by atoms with van der Waals surface area (Å²) < 4.78 is 6.97. The standard InChI is InChI=1S/C12H7IO/c13-9-5-3-7-11-12(9)8-4-1-2-6-10(8)14-11/h1-7H. The van der Waals surface area contributed by atoms with E-state index in [1.807, 2.05) is 30.3 Å². The first-order chi connectivity index (χ1) is 6.86.